The minimum Gasteiger partial charge on any atom is -0.394 e. The molecule has 1 aliphatic heterocycles. The van der Waals surface area contributed by atoms with E-state index >= 15 is 0 Å². The molecule has 1 aliphatic rings. The zero-order chi connectivity index (χ0) is 16.8. The van der Waals surface area contributed by atoms with Crippen molar-refractivity contribution in [2.24, 2.45) is 5.18 Å². The number of aliphatic hydroxyl groups is 2. The van der Waals surface area contributed by atoms with E-state index in [1.807, 2.05) is 0 Å². The molecule has 0 amide bonds. The van der Waals surface area contributed by atoms with Gasteiger partial charge in [-0.2, -0.15) is 4.91 Å². The fourth-order valence-corrected chi connectivity index (χ4v) is 2.92. The van der Waals surface area contributed by atoms with Crippen LogP contribution in [-0.4, -0.2) is 49.2 Å². The number of rotatable bonds is 4. The van der Waals surface area contributed by atoms with E-state index in [-0.39, 0.29) is 18.0 Å². The van der Waals surface area contributed by atoms with E-state index in [9.17, 15) is 19.5 Å². The summed E-state index contributed by atoms with van der Waals surface area (Å²) in [6.07, 6.45) is -1.17. The molecule has 0 aromatic carbocycles. The average Bonchev–Trinajstić information content (AvgIpc) is 2.97. The van der Waals surface area contributed by atoms with Crippen LogP contribution >= 0.6 is 0 Å². The maximum absolute atomic E-state index is 14.9. The monoisotopic (exact) mass is 325 g/mol. The van der Waals surface area contributed by atoms with E-state index in [1.54, 1.807) is 0 Å². The zero-order valence-corrected chi connectivity index (χ0v) is 12.3. The number of anilines is 1. The van der Waals surface area contributed by atoms with Crippen LogP contribution in [0.2, 0.25) is 0 Å². The summed E-state index contributed by atoms with van der Waals surface area (Å²) >= 11 is 0. The molecular formula is C13H16FN5O4. The molecule has 4 N–H and O–H groups in total. The largest absolute Gasteiger partial charge is 0.394 e. The lowest BCUT2D eigenvalue weighted by molar-refractivity contribution is -0.0564. The first-order valence-corrected chi connectivity index (χ1v) is 6.94. The molecule has 4 atom stereocenters. The van der Waals surface area contributed by atoms with E-state index in [0.29, 0.717) is 10.9 Å². The molecule has 0 aliphatic carbocycles. The molecule has 3 rings (SSSR count). The third-order valence-corrected chi connectivity index (χ3v) is 4.10. The number of ether oxygens (including phenoxy) is 1. The maximum Gasteiger partial charge on any atom is 0.181 e. The van der Waals surface area contributed by atoms with Crippen LogP contribution < -0.4 is 5.73 Å². The highest BCUT2D eigenvalue weighted by Crippen LogP contribution is 2.43. The van der Waals surface area contributed by atoms with Gasteiger partial charge in [-0.1, -0.05) is 5.18 Å². The summed E-state index contributed by atoms with van der Waals surface area (Å²) in [7, 11) is 0. The quantitative estimate of drug-likeness (QED) is 0.686. The molecule has 0 saturated carbocycles. The summed E-state index contributed by atoms with van der Waals surface area (Å²) < 4.78 is 21.7. The standard InChI is InChI=1S/C13H16FN5O4/c1-13(14)9(21)7(4-20)23-12(13)19-3-6(2-18-22)8-10(15)16-5-17-11(8)19/h3,5,7,9,12,20-21H,2,4H2,1H3,(H2,15,16,17)/t7?,9?,12-,13-/m1/s1. The van der Waals surface area contributed by atoms with Crippen molar-refractivity contribution < 1.29 is 19.3 Å². The Balaban J connectivity index is 2.17. The van der Waals surface area contributed by atoms with Crippen molar-refractivity contribution >= 4 is 16.9 Å². The minimum atomic E-state index is -2.18. The van der Waals surface area contributed by atoms with Crippen LogP contribution in [0.1, 0.15) is 18.7 Å². The molecule has 23 heavy (non-hydrogen) atoms. The van der Waals surface area contributed by atoms with Gasteiger partial charge in [0, 0.05) is 11.8 Å². The maximum atomic E-state index is 14.9. The van der Waals surface area contributed by atoms with Gasteiger partial charge >= 0.3 is 0 Å². The number of nitrogen functional groups attached to an aromatic ring is 1. The van der Waals surface area contributed by atoms with E-state index in [2.05, 4.69) is 15.1 Å². The summed E-state index contributed by atoms with van der Waals surface area (Å²) in [5, 5.41) is 22.4. The summed E-state index contributed by atoms with van der Waals surface area (Å²) in [5.41, 5.74) is 4.33. The van der Waals surface area contributed by atoms with Gasteiger partial charge in [0.25, 0.3) is 0 Å². The Hall–Kier alpha value is -2.17. The third-order valence-electron chi connectivity index (χ3n) is 4.10. The van der Waals surface area contributed by atoms with Crippen LogP contribution in [0.25, 0.3) is 11.0 Å². The molecule has 9 nitrogen and oxygen atoms in total. The molecule has 1 saturated heterocycles. The number of halogens is 1. The van der Waals surface area contributed by atoms with Gasteiger partial charge in [0.15, 0.2) is 11.9 Å². The SMILES string of the molecule is C[C@@]1(F)C(O)C(CO)O[C@H]1n1cc(CN=O)c2c(N)ncnc21. The molecule has 1 fully saturated rings. The fraction of sp³-hybridized carbons (Fsp3) is 0.538. The van der Waals surface area contributed by atoms with Crippen LogP contribution in [0.15, 0.2) is 17.7 Å². The second-order valence-corrected chi connectivity index (χ2v) is 5.61. The number of nitrogens with two attached hydrogens (primary N) is 1. The van der Waals surface area contributed by atoms with Crippen molar-refractivity contribution in [1.82, 2.24) is 14.5 Å². The number of alkyl halides is 1. The highest BCUT2D eigenvalue weighted by Gasteiger charge is 2.55. The molecule has 2 aromatic heterocycles. The number of hydrogen-bond acceptors (Lipinski definition) is 8. The minimum absolute atomic E-state index is 0.130. The molecule has 0 spiro atoms. The van der Waals surface area contributed by atoms with Crippen molar-refractivity contribution in [3.8, 4) is 0 Å². The first-order chi connectivity index (χ1) is 10.9. The predicted octanol–water partition coefficient (Wildman–Crippen LogP) is 0.259. The Labute approximate surface area is 129 Å². The van der Waals surface area contributed by atoms with E-state index < -0.39 is 30.7 Å². The van der Waals surface area contributed by atoms with E-state index in [4.69, 9.17) is 10.5 Å². The van der Waals surface area contributed by atoms with Gasteiger partial charge in [-0.3, -0.25) is 0 Å². The van der Waals surface area contributed by atoms with Crippen molar-refractivity contribution in [2.45, 2.75) is 37.6 Å². The van der Waals surface area contributed by atoms with Gasteiger partial charge in [-0.15, -0.1) is 0 Å². The zero-order valence-electron chi connectivity index (χ0n) is 12.3. The molecule has 2 unspecified atom stereocenters. The van der Waals surface area contributed by atoms with Crippen LogP contribution in [-0.2, 0) is 11.3 Å². The Morgan fingerprint density at radius 3 is 2.91 bits per heavy atom. The van der Waals surface area contributed by atoms with Gasteiger partial charge in [-0.05, 0) is 6.92 Å². The second kappa shape index (κ2) is 5.48. The number of aromatic nitrogens is 3. The van der Waals surface area contributed by atoms with Crippen LogP contribution in [0, 0.1) is 4.91 Å². The molecule has 10 heteroatoms. The summed E-state index contributed by atoms with van der Waals surface area (Å²) in [6.45, 7) is 0.449. The normalized spacial score (nSPS) is 30.9. The summed E-state index contributed by atoms with van der Waals surface area (Å²) in [6, 6.07) is 0. The average molecular weight is 325 g/mol. The molecule has 3 heterocycles. The lowest BCUT2D eigenvalue weighted by Gasteiger charge is -2.25. The van der Waals surface area contributed by atoms with Crippen molar-refractivity contribution in [1.29, 1.82) is 0 Å². The smallest absolute Gasteiger partial charge is 0.181 e. The Morgan fingerprint density at radius 1 is 1.57 bits per heavy atom. The van der Waals surface area contributed by atoms with Crippen molar-refractivity contribution in [3.05, 3.63) is 23.0 Å². The Kier molecular flexibility index (Phi) is 3.74. The first kappa shape index (κ1) is 15.7. The van der Waals surface area contributed by atoms with Crippen LogP contribution in [0.4, 0.5) is 10.2 Å². The first-order valence-electron chi connectivity index (χ1n) is 6.94. The lowest BCUT2D eigenvalue weighted by Crippen LogP contribution is -2.40. The second-order valence-electron chi connectivity index (χ2n) is 5.61. The van der Waals surface area contributed by atoms with E-state index in [1.165, 1.54) is 24.0 Å². The van der Waals surface area contributed by atoms with Gasteiger partial charge in [0.05, 0.1) is 12.0 Å². The number of hydrogen-bond donors (Lipinski definition) is 3. The number of nitrogens with zero attached hydrogens (tertiary/aromatic N) is 4. The molecule has 0 bridgehead atoms. The lowest BCUT2D eigenvalue weighted by atomic mass is 9.98. The number of fused-ring (bicyclic) bond motifs is 1. The van der Waals surface area contributed by atoms with Gasteiger partial charge < -0.3 is 25.3 Å². The Morgan fingerprint density at radius 2 is 2.30 bits per heavy atom. The summed E-state index contributed by atoms with van der Waals surface area (Å²) in [5.74, 6) is 0.130. The number of nitroso groups, excluding NO2 is 1. The van der Waals surface area contributed by atoms with Crippen LogP contribution in [0.3, 0.4) is 0 Å². The molecule has 0 radical (unpaired) electrons. The van der Waals surface area contributed by atoms with Crippen LogP contribution in [0.5, 0.6) is 0 Å². The van der Waals surface area contributed by atoms with Crippen molar-refractivity contribution in [3.63, 3.8) is 0 Å². The Bertz CT molecular complexity index is 749. The molecular weight excluding hydrogens is 309 g/mol. The van der Waals surface area contributed by atoms with Gasteiger partial charge in [0.2, 0.25) is 0 Å². The van der Waals surface area contributed by atoms with E-state index in [0.717, 1.165) is 0 Å². The summed E-state index contributed by atoms with van der Waals surface area (Å²) in [4.78, 5) is 18.5. The predicted molar refractivity (Wildman–Crippen MR) is 78.0 cm³/mol. The topological polar surface area (TPSA) is 136 Å². The fourth-order valence-electron chi connectivity index (χ4n) is 2.92. The highest BCUT2D eigenvalue weighted by atomic mass is 19.1. The molecule has 124 valence electrons. The third kappa shape index (κ3) is 2.26. The highest BCUT2D eigenvalue weighted by molar-refractivity contribution is 5.89. The molecule has 2 aromatic rings. The van der Waals surface area contributed by atoms with Crippen molar-refractivity contribution in [2.75, 3.05) is 12.3 Å². The number of aliphatic hydroxyl groups excluding tert-OH is 2. The van der Waals surface area contributed by atoms with Gasteiger partial charge in [0.1, 0.15) is 36.5 Å². The van der Waals surface area contributed by atoms with Gasteiger partial charge in [-0.25, -0.2) is 14.4 Å².